The minimum atomic E-state index is -1.44. The number of fused-ring (bicyclic) bond motifs is 12. The van der Waals surface area contributed by atoms with E-state index in [9.17, 15) is 10.0 Å². The Bertz CT molecular complexity index is 8640. The maximum absolute atomic E-state index is 9.38. The van der Waals surface area contributed by atoms with Crippen molar-refractivity contribution in [3.8, 4) is 100 Å². The average molecular weight is 2100 g/mol. The van der Waals surface area contributed by atoms with Crippen molar-refractivity contribution in [1.29, 1.82) is 0 Å². The van der Waals surface area contributed by atoms with Crippen LogP contribution in [-0.4, -0.2) is 37.1 Å². The fraction of sp³-hybridized carbons (Fsp3) is 0. The van der Waals surface area contributed by atoms with Crippen LogP contribution < -0.4 is 37.3 Å². The molecule has 0 radical (unpaired) electrons. The third kappa shape index (κ3) is 21.8. The van der Waals surface area contributed by atoms with Crippen molar-refractivity contribution in [2.24, 2.45) is 0 Å². The number of furan rings is 2. The van der Waals surface area contributed by atoms with Crippen molar-refractivity contribution in [2.45, 2.75) is 0 Å². The first kappa shape index (κ1) is 96.1. The Hall–Kier alpha value is -15.0. The fourth-order valence-corrected chi connectivity index (χ4v) is 25.7. The molecule has 0 bridgehead atoms. The number of aromatic nitrogens is 4. The molecule has 0 aliphatic heterocycles. The normalized spacial score (nSPS) is 11.1. The maximum atomic E-state index is 9.38. The molecule has 0 fully saturated rings. The summed E-state index contributed by atoms with van der Waals surface area (Å²) in [6, 6.07) is 179. The zero-order chi connectivity index (χ0) is 98.2. The van der Waals surface area contributed by atoms with E-state index in [1.807, 2.05) is 47.7 Å². The summed E-state index contributed by atoms with van der Waals surface area (Å²) in [6.07, 6.45) is 3.12. The third-order valence-corrected chi connectivity index (χ3v) is 32.9. The van der Waals surface area contributed by atoms with Crippen LogP contribution in [0.2, 0.25) is 5.15 Å². The molecule has 17 heteroatoms. The third-order valence-electron chi connectivity index (χ3n) is 25.3. The summed E-state index contributed by atoms with van der Waals surface area (Å²) in [5.74, 6) is 0. The van der Waals surface area contributed by atoms with Gasteiger partial charge in [0.1, 0.15) is 40.5 Å². The quantitative estimate of drug-likeness (QED) is 0.0558. The van der Waals surface area contributed by atoms with Crippen molar-refractivity contribution in [3.63, 3.8) is 0 Å². The molecule has 0 aliphatic rings. The maximum Gasteiger partial charge on any atom is 0.180 e. The van der Waals surface area contributed by atoms with E-state index >= 15 is 0 Å². The monoisotopic (exact) mass is 2090 g/mol. The molecule has 0 aliphatic carbocycles. The number of halogens is 3. The minimum absolute atomic E-state index is 0.106. The summed E-state index contributed by atoms with van der Waals surface area (Å²) in [7, 11) is 7.29. The Morgan fingerprint density at radius 3 is 0.917 bits per heavy atom. The topological polar surface area (TPSA) is 118 Å². The van der Waals surface area contributed by atoms with E-state index in [1.165, 1.54) is 129 Å². The summed E-state index contributed by atoms with van der Waals surface area (Å²) in [4.78, 5) is 17.9. The standard InChI is InChI=1S/C46H28N2OS.C28H17ClN2O.C18H13BO2S.2C18H15P.2ClH.Pd/c1-2-9-29(10-3-1)30-19-21-31(22-20-30)32-11-6-12-33(25-32)34-23-24-41-40(27-34)44-45(49-41)43(47-28-48-44)36-14-7-13-35(26-36)37-16-8-17-39-38-15-4-5-18-42(38)50-46(37)39;29-28-27-26(30-17-31-28)24-16-23(13-14-25(24)32-27)22-8-4-7-21(15-22)20-11-9-19(10-12-20)18-5-2-1-3-6-18;20-19(21)13-6-3-5-12(11-13)14-8-4-9-16-15-7-1-2-10-17(15)22-18(14)16;2*1-4-10-16(11-5-1)19(17-12-6-2-7-13-17)18-14-8-3-9-15-18;;;/h1-28H;1-17H;1-11,20-21H;2*1-15H;2*1H;/q;;;;;;;+2/p-2. The molecule has 26 aromatic rings. The molecular weight excluding hydrogens is 2010 g/mol. The zero-order valence-corrected chi connectivity index (χ0v) is 85.1. The van der Waals surface area contributed by atoms with Gasteiger partial charge in [-0.15, -0.1) is 22.7 Å². The van der Waals surface area contributed by atoms with Gasteiger partial charge in [0.2, 0.25) is 0 Å². The van der Waals surface area contributed by atoms with E-state index in [0.29, 0.717) is 21.8 Å². The first-order valence-corrected chi connectivity index (χ1v) is 55.9. The molecule has 20 aromatic carbocycles. The Balaban J connectivity index is 0.000000112. The van der Waals surface area contributed by atoms with Gasteiger partial charge in [-0.1, -0.05) is 467 Å². The summed E-state index contributed by atoms with van der Waals surface area (Å²) in [5, 5.41) is 34.5. The van der Waals surface area contributed by atoms with Gasteiger partial charge in [0, 0.05) is 56.7 Å². The molecule has 8 nitrogen and oxygen atoms in total. The molecule has 0 unspecified atom stereocenters. The summed E-state index contributed by atoms with van der Waals surface area (Å²) in [6.45, 7) is 0. The molecule has 0 saturated heterocycles. The van der Waals surface area contributed by atoms with Gasteiger partial charge in [-0.3, -0.25) is 0 Å². The van der Waals surface area contributed by atoms with Gasteiger partial charge in [0.15, 0.2) is 16.3 Å². The van der Waals surface area contributed by atoms with E-state index in [2.05, 4.69) is 477 Å². The smallest absolute Gasteiger partial charge is 0.180 e. The number of nitrogens with zero attached hydrogens (tertiary/aromatic N) is 4. The Morgan fingerprint density at radius 1 is 0.241 bits per heavy atom. The van der Waals surface area contributed by atoms with E-state index in [1.54, 1.807) is 23.7 Å². The van der Waals surface area contributed by atoms with Gasteiger partial charge >= 0.3 is 42.1 Å². The Morgan fingerprint density at radius 2 is 0.517 bits per heavy atom. The van der Waals surface area contributed by atoms with Crippen LogP contribution in [0.15, 0.2) is 531 Å². The van der Waals surface area contributed by atoms with Crippen LogP contribution in [0.3, 0.4) is 0 Å². The van der Waals surface area contributed by atoms with Gasteiger partial charge in [-0.05, 0) is 197 Å². The second-order valence-corrected chi connectivity index (χ2v) is 43.5. The van der Waals surface area contributed by atoms with Gasteiger partial charge in [0.25, 0.3) is 0 Å². The van der Waals surface area contributed by atoms with E-state index in [-0.39, 0.29) is 15.9 Å². The van der Waals surface area contributed by atoms with Crippen molar-refractivity contribution >= 4 is 198 Å². The van der Waals surface area contributed by atoms with E-state index in [4.69, 9.17) is 49.5 Å². The SMILES string of the molecule is Clc1ncnc2c1oc1ccc(-c3cccc(-c4ccc(-c5ccccc5)cc4)c3)cc12.OB(O)c1cccc(-c2cccc3c2sc2ccccc23)c1.[Cl][Pd][Cl].c1ccc(-c2ccc(-c3cccc(-c4ccc5oc6c(-c7cccc(-c8cccc9c8sc8ccccc89)c7)ncnc6c5c4)c3)cc2)cc1.c1ccc(P(c2ccccc2)c2ccccc2)cc1.c1ccc(P(c2ccccc2)c2ccccc2)cc1. The van der Waals surface area contributed by atoms with E-state index in [0.717, 1.165) is 83.2 Å². The molecule has 0 spiro atoms. The first-order chi connectivity index (χ1) is 71.6. The summed E-state index contributed by atoms with van der Waals surface area (Å²) < 4.78 is 17.5. The summed E-state index contributed by atoms with van der Waals surface area (Å²) in [5.41, 5.74) is 25.2. The van der Waals surface area contributed by atoms with Crippen LogP contribution in [-0.2, 0) is 15.9 Å². The molecule has 2 N–H and O–H groups in total. The molecule has 0 amide bonds. The second kappa shape index (κ2) is 45.7. The molecule has 6 aromatic heterocycles. The van der Waals surface area contributed by atoms with Gasteiger partial charge in [-0.25, -0.2) is 19.9 Å². The van der Waals surface area contributed by atoms with Gasteiger partial charge in [0.05, 0.1) is 0 Å². The number of thiophene rings is 2. The molecule has 700 valence electrons. The molecule has 145 heavy (non-hydrogen) atoms. The number of hydrogen-bond acceptors (Lipinski definition) is 10. The van der Waals surface area contributed by atoms with Gasteiger partial charge < -0.3 is 18.9 Å². The van der Waals surface area contributed by atoms with Crippen LogP contribution in [0.5, 0.6) is 0 Å². The number of rotatable bonds is 16. The predicted molar refractivity (Wildman–Crippen MR) is 617 cm³/mol. The zero-order valence-electron chi connectivity index (χ0n) is 77.9. The van der Waals surface area contributed by atoms with Crippen molar-refractivity contribution in [1.82, 2.24) is 19.9 Å². The van der Waals surface area contributed by atoms with Crippen molar-refractivity contribution in [3.05, 3.63) is 527 Å². The Kier molecular flexibility index (Phi) is 30.3. The van der Waals surface area contributed by atoms with Crippen LogP contribution in [0.4, 0.5) is 0 Å². The molecule has 6 heterocycles. The molecule has 26 rings (SSSR count). The molecule has 0 atom stereocenters. The number of benzene rings is 20. The fourth-order valence-electron chi connectivity index (χ4n) is 18.4. The van der Waals surface area contributed by atoms with Crippen LogP contribution in [0.1, 0.15) is 0 Å². The second-order valence-electron chi connectivity index (χ2n) is 34.3. The van der Waals surface area contributed by atoms with Crippen LogP contribution in [0.25, 0.3) is 185 Å². The van der Waals surface area contributed by atoms with Crippen LogP contribution in [0, 0.1) is 0 Å². The molecular formula is C128H88BCl3N4O4P2PdS2. The predicted octanol–water partition coefficient (Wildman–Crippen LogP) is 32.8. The molecule has 0 saturated carbocycles. The van der Waals surface area contributed by atoms with Crippen LogP contribution >= 0.6 is 69.2 Å². The number of hydrogen-bond donors (Lipinski definition) is 2. The first-order valence-electron chi connectivity index (χ1n) is 47.2. The van der Waals surface area contributed by atoms with E-state index < -0.39 is 23.0 Å². The average Bonchev–Trinajstić information content (AvgIpc) is 1.60. The minimum Gasteiger partial charge on any atom is -0.452 e. The van der Waals surface area contributed by atoms with Crippen molar-refractivity contribution in [2.75, 3.05) is 0 Å². The van der Waals surface area contributed by atoms with Gasteiger partial charge in [-0.2, -0.15) is 0 Å². The largest absolute Gasteiger partial charge is 0.452 e. The van der Waals surface area contributed by atoms with Crippen molar-refractivity contribution < 1.29 is 34.8 Å². The summed E-state index contributed by atoms with van der Waals surface area (Å²) >= 11 is 9.69. The Labute approximate surface area is 872 Å².